The molecular formula is C19H27N3O2. The van der Waals surface area contributed by atoms with E-state index in [1.54, 1.807) is 12.1 Å². The summed E-state index contributed by atoms with van der Waals surface area (Å²) in [6.45, 7) is 2.37. The van der Waals surface area contributed by atoms with Gasteiger partial charge in [-0.3, -0.25) is 14.5 Å². The zero-order valence-corrected chi connectivity index (χ0v) is 14.2. The molecule has 0 bridgehead atoms. The second kappa shape index (κ2) is 8.29. The number of para-hydroxylation sites is 1. The molecule has 0 spiro atoms. The van der Waals surface area contributed by atoms with Crippen molar-refractivity contribution in [3.8, 4) is 0 Å². The Labute approximate surface area is 143 Å². The van der Waals surface area contributed by atoms with E-state index in [0.717, 1.165) is 38.8 Å². The van der Waals surface area contributed by atoms with Gasteiger partial charge in [0.1, 0.15) is 0 Å². The Morgan fingerprint density at radius 1 is 1.00 bits per heavy atom. The van der Waals surface area contributed by atoms with E-state index >= 15 is 0 Å². The Kier molecular flexibility index (Phi) is 5.86. The fourth-order valence-corrected chi connectivity index (χ4v) is 3.14. The summed E-state index contributed by atoms with van der Waals surface area (Å²) in [6, 6.07) is 7.55. The van der Waals surface area contributed by atoms with E-state index in [9.17, 15) is 9.59 Å². The largest absolute Gasteiger partial charge is 0.349 e. The zero-order valence-electron chi connectivity index (χ0n) is 14.2. The lowest BCUT2D eigenvalue weighted by Gasteiger charge is -2.24. The molecule has 3 rings (SSSR count). The van der Waals surface area contributed by atoms with Crippen LogP contribution in [-0.2, 0) is 4.79 Å². The Morgan fingerprint density at radius 3 is 2.38 bits per heavy atom. The third-order valence-corrected chi connectivity index (χ3v) is 4.67. The van der Waals surface area contributed by atoms with Gasteiger partial charge in [-0.15, -0.1) is 0 Å². The van der Waals surface area contributed by atoms with Crippen molar-refractivity contribution in [3.05, 3.63) is 29.8 Å². The number of benzene rings is 1. The predicted octanol–water partition coefficient (Wildman–Crippen LogP) is 2.78. The first kappa shape index (κ1) is 17.0. The van der Waals surface area contributed by atoms with E-state index in [0.29, 0.717) is 23.8 Å². The van der Waals surface area contributed by atoms with Gasteiger partial charge in [-0.25, -0.2) is 0 Å². The highest BCUT2D eigenvalue weighted by molar-refractivity contribution is 6.04. The minimum atomic E-state index is -0.0975. The van der Waals surface area contributed by atoms with Gasteiger partial charge in [0.2, 0.25) is 5.91 Å². The quantitative estimate of drug-likeness (QED) is 0.873. The number of amides is 2. The van der Waals surface area contributed by atoms with Crippen LogP contribution in [0.15, 0.2) is 24.3 Å². The van der Waals surface area contributed by atoms with Gasteiger partial charge in [-0.1, -0.05) is 31.4 Å². The van der Waals surface area contributed by atoms with Crippen molar-refractivity contribution in [3.63, 3.8) is 0 Å². The van der Waals surface area contributed by atoms with Gasteiger partial charge < -0.3 is 10.6 Å². The summed E-state index contributed by atoms with van der Waals surface area (Å²) in [5.41, 5.74) is 1.15. The standard InChI is InChI=1S/C19H27N3O2/c23-18(14-22-12-6-2-1-3-7-13-22)21-17-9-5-4-8-16(17)19(24)20-15-10-11-15/h4-5,8-9,15H,1-3,6-7,10-14H2,(H,20,24)(H,21,23). The molecule has 2 amide bonds. The minimum Gasteiger partial charge on any atom is -0.349 e. The molecule has 1 heterocycles. The maximum absolute atomic E-state index is 12.4. The second-order valence-electron chi connectivity index (χ2n) is 6.89. The Balaban J connectivity index is 1.58. The summed E-state index contributed by atoms with van der Waals surface area (Å²) in [6.07, 6.45) is 8.24. The third-order valence-electron chi connectivity index (χ3n) is 4.67. The maximum Gasteiger partial charge on any atom is 0.253 e. The molecule has 0 radical (unpaired) electrons. The molecule has 1 aromatic carbocycles. The Morgan fingerprint density at radius 2 is 1.67 bits per heavy atom. The van der Waals surface area contributed by atoms with Crippen LogP contribution in [0.1, 0.15) is 55.3 Å². The molecule has 0 aromatic heterocycles. The zero-order chi connectivity index (χ0) is 16.8. The number of carbonyl (C=O) groups is 2. The lowest BCUT2D eigenvalue weighted by molar-refractivity contribution is -0.117. The molecule has 0 atom stereocenters. The van der Waals surface area contributed by atoms with Crippen LogP contribution in [0.4, 0.5) is 5.69 Å². The summed E-state index contributed by atoms with van der Waals surface area (Å²) >= 11 is 0. The number of nitrogens with one attached hydrogen (secondary N) is 2. The summed E-state index contributed by atoms with van der Waals surface area (Å²) in [5, 5.41) is 5.91. The van der Waals surface area contributed by atoms with Crippen LogP contribution in [0.2, 0.25) is 0 Å². The fourth-order valence-electron chi connectivity index (χ4n) is 3.14. The first-order valence-electron chi connectivity index (χ1n) is 9.14. The van der Waals surface area contributed by atoms with E-state index in [1.165, 1.54) is 19.3 Å². The molecule has 24 heavy (non-hydrogen) atoms. The van der Waals surface area contributed by atoms with Gasteiger partial charge in [0.15, 0.2) is 0 Å². The van der Waals surface area contributed by atoms with Crippen LogP contribution in [0.3, 0.4) is 0 Å². The molecule has 1 aromatic rings. The molecule has 0 unspecified atom stereocenters. The topological polar surface area (TPSA) is 61.4 Å². The van der Waals surface area contributed by atoms with Crippen LogP contribution in [-0.4, -0.2) is 42.4 Å². The lowest BCUT2D eigenvalue weighted by Crippen LogP contribution is -2.36. The molecule has 1 saturated carbocycles. The van der Waals surface area contributed by atoms with Crippen LogP contribution < -0.4 is 10.6 Å². The van der Waals surface area contributed by atoms with Crippen molar-refractivity contribution in [2.45, 2.75) is 51.0 Å². The van der Waals surface area contributed by atoms with Gasteiger partial charge >= 0.3 is 0 Å². The monoisotopic (exact) mass is 329 g/mol. The van der Waals surface area contributed by atoms with Crippen molar-refractivity contribution in [1.82, 2.24) is 10.2 Å². The average molecular weight is 329 g/mol. The third kappa shape index (κ3) is 5.06. The van der Waals surface area contributed by atoms with Crippen LogP contribution in [0, 0.1) is 0 Å². The SMILES string of the molecule is O=C(CN1CCCCCCC1)Nc1ccccc1C(=O)NC1CC1. The van der Waals surface area contributed by atoms with Gasteiger partial charge in [0.05, 0.1) is 17.8 Å². The maximum atomic E-state index is 12.4. The van der Waals surface area contributed by atoms with Crippen LogP contribution >= 0.6 is 0 Å². The molecular weight excluding hydrogens is 302 g/mol. The minimum absolute atomic E-state index is 0.0396. The van der Waals surface area contributed by atoms with Gasteiger partial charge in [0, 0.05) is 6.04 Å². The van der Waals surface area contributed by atoms with Gasteiger partial charge in [-0.2, -0.15) is 0 Å². The molecule has 1 saturated heterocycles. The summed E-state index contributed by atoms with van der Waals surface area (Å²) in [7, 11) is 0. The lowest BCUT2D eigenvalue weighted by atomic mass is 10.1. The summed E-state index contributed by atoms with van der Waals surface area (Å²) in [4.78, 5) is 26.9. The summed E-state index contributed by atoms with van der Waals surface area (Å²) < 4.78 is 0. The molecule has 1 aliphatic carbocycles. The first-order valence-corrected chi connectivity index (χ1v) is 9.14. The molecule has 5 nitrogen and oxygen atoms in total. The normalized spacial score (nSPS) is 19.2. The number of likely N-dealkylation sites (tertiary alicyclic amines) is 1. The van der Waals surface area contributed by atoms with Crippen LogP contribution in [0.5, 0.6) is 0 Å². The molecule has 2 N–H and O–H groups in total. The van der Waals surface area contributed by atoms with Crippen molar-refractivity contribution >= 4 is 17.5 Å². The predicted molar refractivity (Wildman–Crippen MR) is 95.1 cm³/mol. The van der Waals surface area contributed by atoms with Crippen molar-refractivity contribution < 1.29 is 9.59 Å². The second-order valence-corrected chi connectivity index (χ2v) is 6.89. The number of hydrogen-bond donors (Lipinski definition) is 2. The molecule has 5 heteroatoms. The molecule has 2 fully saturated rings. The number of rotatable bonds is 5. The Bertz CT molecular complexity index is 576. The molecule has 130 valence electrons. The highest BCUT2D eigenvalue weighted by Gasteiger charge is 2.25. The van der Waals surface area contributed by atoms with Crippen molar-refractivity contribution in [2.24, 2.45) is 0 Å². The van der Waals surface area contributed by atoms with E-state index < -0.39 is 0 Å². The number of hydrogen-bond acceptors (Lipinski definition) is 3. The smallest absolute Gasteiger partial charge is 0.253 e. The van der Waals surface area contributed by atoms with E-state index in [-0.39, 0.29) is 11.8 Å². The summed E-state index contributed by atoms with van der Waals surface area (Å²) in [5.74, 6) is -0.137. The number of anilines is 1. The average Bonchev–Trinajstić information content (AvgIpc) is 3.34. The van der Waals surface area contributed by atoms with Gasteiger partial charge in [0.25, 0.3) is 5.91 Å². The number of carbonyl (C=O) groups excluding carboxylic acids is 2. The van der Waals surface area contributed by atoms with Gasteiger partial charge in [-0.05, 0) is 50.9 Å². The van der Waals surface area contributed by atoms with Crippen molar-refractivity contribution in [2.75, 3.05) is 25.0 Å². The van der Waals surface area contributed by atoms with Crippen LogP contribution in [0.25, 0.3) is 0 Å². The molecule has 2 aliphatic rings. The molecule has 1 aliphatic heterocycles. The Hall–Kier alpha value is -1.88. The highest BCUT2D eigenvalue weighted by atomic mass is 16.2. The fraction of sp³-hybridized carbons (Fsp3) is 0.579. The number of nitrogens with zero attached hydrogens (tertiary/aromatic N) is 1. The first-order chi connectivity index (χ1) is 11.7. The van der Waals surface area contributed by atoms with E-state index in [4.69, 9.17) is 0 Å². The van der Waals surface area contributed by atoms with E-state index in [2.05, 4.69) is 15.5 Å². The van der Waals surface area contributed by atoms with Crippen molar-refractivity contribution in [1.29, 1.82) is 0 Å². The highest BCUT2D eigenvalue weighted by Crippen LogP contribution is 2.21. The van der Waals surface area contributed by atoms with E-state index in [1.807, 2.05) is 12.1 Å².